The van der Waals surface area contributed by atoms with E-state index in [1.807, 2.05) is 61.5 Å². The molecule has 0 unspecified atom stereocenters. The predicted molar refractivity (Wildman–Crippen MR) is 113 cm³/mol. The van der Waals surface area contributed by atoms with Gasteiger partial charge in [0.15, 0.2) is 0 Å². The van der Waals surface area contributed by atoms with Gasteiger partial charge in [0.25, 0.3) is 5.91 Å². The van der Waals surface area contributed by atoms with Crippen LogP contribution < -0.4 is 10.7 Å². The molecule has 2 amide bonds. The molecule has 29 heavy (non-hydrogen) atoms. The van der Waals surface area contributed by atoms with Crippen LogP contribution in [0.2, 0.25) is 0 Å². The average molecular weight is 392 g/mol. The normalized spacial score (nSPS) is 12.1. The third-order valence-electron chi connectivity index (χ3n) is 4.48. The standard InChI is InChI=1S/C22H24N4O3/c1-3-29-22(28)25-20(13-16-9-5-4-6-10-16)21(27)26-23-14-18-15(2)24-19-12-8-7-11-17(18)19/h4-12,14,20,24H,3,13H2,1-2H3,(H,25,28)(H,26,27)/b23-14-/t20-/m0/s1. The van der Waals surface area contributed by atoms with Crippen LogP contribution in [0.5, 0.6) is 0 Å². The van der Waals surface area contributed by atoms with E-state index in [2.05, 4.69) is 20.8 Å². The lowest BCUT2D eigenvalue weighted by Gasteiger charge is -2.16. The highest BCUT2D eigenvalue weighted by Crippen LogP contribution is 2.19. The summed E-state index contributed by atoms with van der Waals surface area (Å²) >= 11 is 0. The van der Waals surface area contributed by atoms with Crippen molar-refractivity contribution in [2.24, 2.45) is 5.10 Å². The van der Waals surface area contributed by atoms with Crippen LogP contribution in [0.1, 0.15) is 23.7 Å². The number of hydrazone groups is 1. The maximum Gasteiger partial charge on any atom is 0.407 e. The molecule has 2 aromatic carbocycles. The van der Waals surface area contributed by atoms with E-state index in [0.717, 1.165) is 27.7 Å². The number of para-hydroxylation sites is 1. The molecule has 0 bridgehead atoms. The topological polar surface area (TPSA) is 95.6 Å². The number of nitrogens with zero attached hydrogens (tertiary/aromatic N) is 1. The molecule has 0 saturated heterocycles. The van der Waals surface area contributed by atoms with Crippen molar-refractivity contribution < 1.29 is 14.3 Å². The molecule has 1 atom stereocenters. The summed E-state index contributed by atoms with van der Waals surface area (Å²) in [5, 5.41) is 7.72. The molecule has 0 fully saturated rings. The Balaban J connectivity index is 1.72. The zero-order valence-corrected chi connectivity index (χ0v) is 16.4. The van der Waals surface area contributed by atoms with Gasteiger partial charge in [-0.05, 0) is 25.5 Å². The molecule has 7 nitrogen and oxygen atoms in total. The van der Waals surface area contributed by atoms with E-state index in [-0.39, 0.29) is 6.61 Å². The summed E-state index contributed by atoms with van der Waals surface area (Å²) in [6.45, 7) is 3.88. The Morgan fingerprint density at radius 3 is 2.62 bits per heavy atom. The summed E-state index contributed by atoms with van der Waals surface area (Å²) in [5.41, 5.74) is 6.30. The van der Waals surface area contributed by atoms with E-state index in [9.17, 15) is 9.59 Å². The number of rotatable bonds is 7. The van der Waals surface area contributed by atoms with Crippen molar-refractivity contribution in [1.29, 1.82) is 0 Å². The number of aromatic amines is 1. The highest BCUT2D eigenvalue weighted by atomic mass is 16.5. The molecule has 150 valence electrons. The number of amides is 2. The van der Waals surface area contributed by atoms with Gasteiger partial charge >= 0.3 is 6.09 Å². The first-order valence-electron chi connectivity index (χ1n) is 9.46. The molecule has 0 saturated carbocycles. The van der Waals surface area contributed by atoms with Gasteiger partial charge in [-0.25, -0.2) is 10.2 Å². The quantitative estimate of drug-likeness (QED) is 0.425. The third-order valence-corrected chi connectivity index (χ3v) is 4.48. The van der Waals surface area contributed by atoms with Crippen LogP contribution in [-0.4, -0.2) is 35.8 Å². The van der Waals surface area contributed by atoms with Crippen molar-refractivity contribution in [2.75, 3.05) is 6.61 Å². The monoisotopic (exact) mass is 392 g/mol. The number of benzene rings is 2. The lowest BCUT2D eigenvalue weighted by molar-refractivity contribution is -0.123. The number of alkyl carbamates (subject to hydrolysis) is 1. The van der Waals surface area contributed by atoms with Gasteiger partial charge in [0.05, 0.1) is 12.8 Å². The second-order valence-corrected chi connectivity index (χ2v) is 6.55. The molecule has 3 rings (SSSR count). The van der Waals surface area contributed by atoms with Crippen molar-refractivity contribution >= 4 is 29.1 Å². The molecule has 0 radical (unpaired) electrons. The van der Waals surface area contributed by atoms with Gasteiger partial charge in [0, 0.05) is 28.6 Å². The highest BCUT2D eigenvalue weighted by molar-refractivity contribution is 6.01. The molecular formula is C22H24N4O3. The van der Waals surface area contributed by atoms with Crippen LogP contribution in [0.4, 0.5) is 4.79 Å². The van der Waals surface area contributed by atoms with E-state index in [1.54, 1.807) is 13.1 Å². The molecule has 0 aliphatic heterocycles. The van der Waals surface area contributed by atoms with Crippen molar-refractivity contribution in [3.63, 3.8) is 0 Å². The summed E-state index contributed by atoms with van der Waals surface area (Å²) in [4.78, 5) is 27.8. The predicted octanol–water partition coefficient (Wildman–Crippen LogP) is 3.28. The number of ether oxygens (including phenoxy) is 1. The molecule has 0 spiro atoms. The van der Waals surface area contributed by atoms with E-state index < -0.39 is 18.0 Å². The highest BCUT2D eigenvalue weighted by Gasteiger charge is 2.21. The number of carbonyl (C=O) groups is 2. The number of fused-ring (bicyclic) bond motifs is 1. The average Bonchev–Trinajstić information content (AvgIpc) is 3.04. The van der Waals surface area contributed by atoms with Crippen molar-refractivity contribution in [2.45, 2.75) is 26.3 Å². The summed E-state index contributed by atoms with van der Waals surface area (Å²) in [6, 6.07) is 16.5. The van der Waals surface area contributed by atoms with Gasteiger partial charge in [0.1, 0.15) is 6.04 Å². The second-order valence-electron chi connectivity index (χ2n) is 6.55. The number of aromatic nitrogens is 1. The Kier molecular flexibility index (Phi) is 6.63. The molecule has 0 aliphatic rings. The Morgan fingerprint density at radius 1 is 1.14 bits per heavy atom. The van der Waals surface area contributed by atoms with Crippen LogP contribution in [0, 0.1) is 6.92 Å². The van der Waals surface area contributed by atoms with Gasteiger partial charge in [-0.2, -0.15) is 5.10 Å². The van der Waals surface area contributed by atoms with Crippen LogP contribution in [-0.2, 0) is 16.0 Å². The largest absolute Gasteiger partial charge is 0.450 e. The van der Waals surface area contributed by atoms with Gasteiger partial charge in [-0.1, -0.05) is 48.5 Å². The number of hydrogen-bond acceptors (Lipinski definition) is 4. The second kappa shape index (κ2) is 9.54. The Bertz CT molecular complexity index is 1010. The smallest absolute Gasteiger partial charge is 0.407 e. The molecular weight excluding hydrogens is 368 g/mol. The summed E-state index contributed by atoms with van der Waals surface area (Å²) < 4.78 is 4.91. The van der Waals surface area contributed by atoms with Crippen molar-refractivity contribution in [3.05, 3.63) is 71.4 Å². The number of carbonyl (C=O) groups excluding carboxylic acids is 2. The van der Waals surface area contributed by atoms with Crippen LogP contribution in [0.15, 0.2) is 59.7 Å². The fraction of sp³-hybridized carbons (Fsp3) is 0.227. The SMILES string of the molecule is CCOC(=O)N[C@@H](Cc1ccccc1)C(=O)N/N=C\c1c(C)[nH]c2ccccc12. The lowest BCUT2D eigenvalue weighted by atomic mass is 10.1. The maximum atomic E-state index is 12.7. The van der Waals surface area contributed by atoms with Crippen LogP contribution >= 0.6 is 0 Å². The van der Waals surface area contributed by atoms with E-state index >= 15 is 0 Å². The maximum absolute atomic E-state index is 12.7. The van der Waals surface area contributed by atoms with Gasteiger partial charge in [-0.15, -0.1) is 0 Å². The Morgan fingerprint density at radius 2 is 1.86 bits per heavy atom. The minimum absolute atomic E-state index is 0.226. The van der Waals surface area contributed by atoms with E-state index in [0.29, 0.717) is 6.42 Å². The van der Waals surface area contributed by atoms with Gasteiger partial charge in [-0.3, -0.25) is 4.79 Å². The fourth-order valence-corrected chi connectivity index (χ4v) is 3.08. The molecule has 7 heteroatoms. The Labute approximate surface area is 169 Å². The third kappa shape index (κ3) is 5.22. The number of nitrogens with one attached hydrogen (secondary N) is 3. The molecule has 1 aromatic heterocycles. The minimum Gasteiger partial charge on any atom is -0.450 e. The first-order chi connectivity index (χ1) is 14.1. The number of aryl methyl sites for hydroxylation is 1. The lowest BCUT2D eigenvalue weighted by Crippen LogP contribution is -2.47. The van der Waals surface area contributed by atoms with Gasteiger partial charge in [0.2, 0.25) is 0 Å². The first kappa shape index (κ1) is 20.1. The van der Waals surface area contributed by atoms with Crippen LogP contribution in [0.25, 0.3) is 10.9 Å². The zero-order valence-electron chi connectivity index (χ0n) is 16.4. The van der Waals surface area contributed by atoms with Crippen LogP contribution in [0.3, 0.4) is 0 Å². The zero-order chi connectivity index (χ0) is 20.6. The molecule has 1 heterocycles. The van der Waals surface area contributed by atoms with Crippen molar-refractivity contribution in [1.82, 2.24) is 15.7 Å². The fourth-order valence-electron chi connectivity index (χ4n) is 3.08. The Hall–Kier alpha value is -3.61. The number of hydrogen-bond donors (Lipinski definition) is 3. The summed E-state index contributed by atoms with van der Waals surface area (Å²) in [6.07, 6.45) is 1.29. The van der Waals surface area contributed by atoms with Gasteiger partial charge < -0.3 is 15.0 Å². The summed E-state index contributed by atoms with van der Waals surface area (Å²) in [5.74, 6) is -0.421. The van der Waals surface area contributed by atoms with E-state index in [1.165, 1.54) is 0 Å². The van der Waals surface area contributed by atoms with E-state index in [4.69, 9.17) is 4.74 Å². The number of H-pyrrole nitrogens is 1. The molecule has 0 aliphatic carbocycles. The molecule has 3 N–H and O–H groups in total. The van der Waals surface area contributed by atoms with Crippen molar-refractivity contribution in [3.8, 4) is 0 Å². The molecule has 3 aromatic rings. The first-order valence-corrected chi connectivity index (χ1v) is 9.46. The summed E-state index contributed by atoms with van der Waals surface area (Å²) in [7, 11) is 0. The minimum atomic E-state index is -0.808.